The van der Waals surface area contributed by atoms with E-state index >= 15 is 0 Å². The summed E-state index contributed by atoms with van der Waals surface area (Å²) in [6.07, 6.45) is 3.39. The van der Waals surface area contributed by atoms with E-state index in [1.165, 1.54) is 0 Å². The summed E-state index contributed by atoms with van der Waals surface area (Å²) in [6.45, 7) is 5.67. The van der Waals surface area contributed by atoms with E-state index in [2.05, 4.69) is 9.97 Å². The summed E-state index contributed by atoms with van der Waals surface area (Å²) in [4.78, 5) is 8.24. The van der Waals surface area contributed by atoms with Crippen LogP contribution in [0.1, 0.15) is 13.8 Å². The lowest BCUT2D eigenvalue weighted by molar-refractivity contribution is 0.162. The monoisotopic (exact) mass is 204 g/mol. The van der Waals surface area contributed by atoms with Crippen molar-refractivity contribution in [3.8, 4) is 0 Å². The number of nitrogens with zero attached hydrogens (tertiary/aromatic N) is 2. The maximum atomic E-state index is 4.83. The molecule has 0 radical (unpaired) electrons. The predicted octanol–water partition coefficient (Wildman–Crippen LogP) is 2.67. The molecule has 0 fully saturated rings. The van der Waals surface area contributed by atoms with Gasteiger partial charge in [0.2, 0.25) is 0 Å². The molecule has 0 amide bonds. The molecule has 3 heteroatoms. The molecule has 0 atom stereocenters. The molecule has 2 rings (SSSR count). The molecule has 1 aromatic carbocycles. The van der Waals surface area contributed by atoms with Crippen molar-refractivity contribution < 1.29 is 4.74 Å². The molecule has 0 spiro atoms. The van der Waals surface area contributed by atoms with E-state index in [0.29, 0.717) is 0 Å². The number of hydrogen-bond acceptors (Lipinski definition) is 3. The van der Waals surface area contributed by atoms with Crippen LogP contribution in [0.3, 0.4) is 0 Å². The number of ether oxygens (including phenoxy) is 1. The van der Waals surface area contributed by atoms with Gasteiger partial charge < -0.3 is 4.74 Å². The zero-order chi connectivity index (χ0) is 10.9. The fourth-order valence-electron chi connectivity index (χ4n) is 1.11. The Balaban J connectivity index is 0.000000195. The highest BCUT2D eigenvalue weighted by molar-refractivity contribution is 5.72. The molecule has 0 saturated heterocycles. The van der Waals surface area contributed by atoms with Crippen molar-refractivity contribution in [1.29, 1.82) is 0 Å². The molecule has 80 valence electrons. The molecule has 0 saturated carbocycles. The Labute approximate surface area is 90.1 Å². The summed E-state index contributed by atoms with van der Waals surface area (Å²) in [5, 5.41) is 0. The van der Waals surface area contributed by atoms with Gasteiger partial charge >= 0.3 is 0 Å². The highest BCUT2D eigenvalue weighted by Crippen LogP contribution is 2.04. The van der Waals surface area contributed by atoms with Gasteiger partial charge in [0.1, 0.15) is 0 Å². The smallest absolute Gasteiger partial charge is 0.0886 e. The van der Waals surface area contributed by atoms with E-state index in [4.69, 9.17) is 4.74 Å². The summed E-state index contributed by atoms with van der Waals surface area (Å²) in [5.41, 5.74) is 1.90. The molecule has 1 aromatic heterocycles. The Morgan fingerprint density at radius 3 is 1.73 bits per heavy atom. The van der Waals surface area contributed by atoms with Crippen molar-refractivity contribution >= 4 is 11.0 Å². The van der Waals surface area contributed by atoms with E-state index in [0.717, 1.165) is 24.2 Å². The Kier molecular flexibility index (Phi) is 5.33. The van der Waals surface area contributed by atoms with Crippen LogP contribution in [0.4, 0.5) is 0 Å². The molecule has 0 N–H and O–H groups in total. The standard InChI is InChI=1S/C8H6N2.C4H10O/c1-2-4-8-7(3-1)9-5-6-10-8;1-3-5-4-2/h1-6H;3-4H2,1-2H3. The Bertz CT molecular complexity index is 323. The summed E-state index contributed by atoms with van der Waals surface area (Å²) in [6, 6.07) is 7.80. The van der Waals surface area contributed by atoms with Gasteiger partial charge in [-0.2, -0.15) is 0 Å². The van der Waals surface area contributed by atoms with Crippen molar-refractivity contribution in [3.05, 3.63) is 36.7 Å². The molecule has 1 heterocycles. The summed E-state index contributed by atoms with van der Waals surface area (Å²) < 4.78 is 4.83. The van der Waals surface area contributed by atoms with Gasteiger partial charge in [-0.3, -0.25) is 9.97 Å². The van der Waals surface area contributed by atoms with E-state index in [-0.39, 0.29) is 0 Å². The van der Waals surface area contributed by atoms with Crippen LogP contribution in [0.2, 0.25) is 0 Å². The average molecular weight is 204 g/mol. The van der Waals surface area contributed by atoms with Gasteiger partial charge in [-0.05, 0) is 26.0 Å². The lowest BCUT2D eigenvalue weighted by Crippen LogP contribution is -1.84. The van der Waals surface area contributed by atoms with Gasteiger partial charge in [0, 0.05) is 25.6 Å². The predicted molar refractivity (Wildman–Crippen MR) is 61.7 cm³/mol. The minimum atomic E-state index is 0.844. The number of benzene rings is 1. The van der Waals surface area contributed by atoms with Gasteiger partial charge in [-0.1, -0.05) is 12.1 Å². The molecular weight excluding hydrogens is 188 g/mol. The van der Waals surface area contributed by atoms with Crippen molar-refractivity contribution in [3.63, 3.8) is 0 Å². The SMILES string of the molecule is CCOCC.c1ccc2nccnc2c1. The highest BCUT2D eigenvalue weighted by atomic mass is 16.5. The number of aromatic nitrogens is 2. The molecule has 2 aromatic rings. The molecule has 0 aliphatic carbocycles. The summed E-state index contributed by atoms with van der Waals surface area (Å²) >= 11 is 0. The maximum Gasteiger partial charge on any atom is 0.0886 e. The highest BCUT2D eigenvalue weighted by Gasteiger charge is 1.88. The van der Waals surface area contributed by atoms with Crippen LogP contribution in [0.25, 0.3) is 11.0 Å². The first-order valence-corrected chi connectivity index (χ1v) is 5.12. The molecule has 0 bridgehead atoms. The van der Waals surface area contributed by atoms with Crippen LogP contribution in [0.5, 0.6) is 0 Å². The Hall–Kier alpha value is -1.48. The van der Waals surface area contributed by atoms with Crippen LogP contribution in [-0.2, 0) is 4.74 Å². The van der Waals surface area contributed by atoms with E-state index in [1.807, 2.05) is 38.1 Å². The number of hydrogen-bond donors (Lipinski definition) is 0. The molecular formula is C12H16N2O. The maximum absolute atomic E-state index is 4.83. The van der Waals surface area contributed by atoms with Gasteiger partial charge in [-0.15, -0.1) is 0 Å². The molecule has 0 aliphatic heterocycles. The second kappa shape index (κ2) is 6.90. The normalized spacial score (nSPS) is 9.47. The van der Waals surface area contributed by atoms with Crippen molar-refractivity contribution in [2.24, 2.45) is 0 Å². The minimum absolute atomic E-state index is 0.844. The number of fused-ring (bicyclic) bond motifs is 1. The van der Waals surface area contributed by atoms with Crippen LogP contribution in [0, 0.1) is 0 Å². The van der Waals surface area contributed by atoms with Gasteiger partial charge in [0.15, 0.2) is 0 Å². The first kappa shape index (κ1) is 11.6. The minimum Gasteiger partial charge on any atom is -0.382 e. The molecule has 15 heavy (non-hydrogen) atoms. The fourth-order valence-corrected chi connectivity index (χ4v) is 1.11. The second-order valence-corrected chi connectivity index (χ2v) is 2.83. The third-order valence-corrected chi connectivity index (χ3v) is 1.78. The van der Waals surface area contributed by atoms with Crippen molar-refractivity contribution in [2.45, 2.75) is 13.8 Å². The van der Waals surface area contributed by atoms with Gasteiger partial charge in [0.25, 0.3) is 0 Å². The van der Waals surface area contributed by atoms with Gasteiger partial charge in [0.05, 0.1) is 11.0 Å². The molecule has 3 nitrogen and oxygen atoms in total. The van der Waals surface area contributed by atoms with E-state index in [1.54, 1.807) is 12.4 Å². The first-order valence-electron chi connectivity index (χ1n) is 5.12. The molecule has 0 aliphatic rings. The third kappa shape index (κ3) is 4.04. The molecule has 0 unspecified atom stereocenters. The fraction of sp³-hybridized carbons (Fsp3) is 0.333. The number of para-hydroxylation sites is 2. The van der Waals surface area contributed by atoms with E-state index in [9.17, 15) is 0 Å². The quantitative estimate of drug-likeness (QED) is 0.754. The van der Waals surface area contributed by atoms with Crippen LogP contribution < -0.4 is 0 Å². The van der Waals surface area contributed by atoms with Crippen molar-refractivity contribution in [1.82, 2.24) is 9.97 Å². The summed E-state index contributed by atoms with van der Waals surface area (Å²) in [5.74, 6) is 0. The Morgan fingerprint density at radius 1 is 0.933 bits per heavy atom. The van der Waals surface area contributed by atoms with Gasteiger partial charge in [-0.25, -0.2) is 0 Å². The second-order valence-electron chi connectivity index (χ2n) is 2.83. The third-order valence-electron chi connectivity index (χ3n) is 1.78. The zero-order valence-corrected chi connectivity index (χ0v) is 9.18. The van der Waals surface area contributed by atoms with Crippen LogP contribution in [-0.4, -0.2) is 23.2 Å². The number of rotatable bonds is 2. The zero-order valence-electron chi connectivity index (χ0n) is 9.18. The lowest BCUT2D eigenvalue weighted by Gasteiger charge is -1.90. The first-order chi connectivity index (χ1) is 7.38. The topological polar surface area (TPSA) is 35.0 Å². The lowest BCUT2D eigenvalue weighted by atomic mass is 10.3. The largest absolute Gasteiger partial charge is 0.382 e. The van der Waals surface area contributed by atoms with Crippen molar-refractivity contribution in [2.75, 3.05) is 13.2 Å². The van der Waals surface area contributed by atoms with Crippen LogP contribution in [0.15, 0.2) is 36.7 Å². The van der Waals surface area contributed by atoms with Crippen LogP contribution >= 0.6 is 0 Å². The Morgan fingerprint density at radius 2 is 1.40 bits per heavy atom. The summed E-state index contributed by atoms with van der Waals surface area (Å²) in [7, 11) is 0. The van der Waals surface area contributed by atoms with E-state index < -0.39 is 0 Å². The average Bonchev–Trinajstić information content (AvgIpc) is 2.31.